The second kappa shape index (κ2) is 4.92. The van der Waals surface area contributed by atoms with Crippen molar-refractivity contribution in [1.29, 1.82) is 0 Å². The Labute approximate surface area is 115 Å². The van der Waals surface area contributed by atoms with Crippen molar-refractivity contribution in [3.63, 3.8) is 0 Å². The maximum Gasteiger partial charge on any atom is 0.293 e. The summed E-state index contributed by atoms with van der Waals surface area (Å²) in [5.74, 6) is 0. The first-order valence-electron chi connectivity index (χ1n) is 6.18. The Morgan fingerprint density at radius 2 is 2.10 bits per heavy atom. The minimum Gasteiger partial charge on any atom is -0.379 e. The Morgan fingerprint density at radius 3 is 2.70 bits per heavy atom. The molecule has 1 aromatic carbocycles. The highest BCUT2D eigenvalue weighted by Crippen LogP contribution is 2.28. The van der Waals surface area contributed by atoms with E-state index in [1.54, 1.807) is 0 Å². The molecular formula is C13H16N4O3. The Morgan fingerprint density at radius 1 is 1.40 bits per heavy atom. The lowest BCUT2D eigenvalue weighted by Crippen LogP contribution is -2.19. The van der Waals surface area contributed by atoms with E-state index >= 15 is 0 Å². The van der Waals surface area contributed by atoms with Crippen LogP contribution in [0.1, 0.15) is 20.8 Å². The lowest BCUT2D eigenvalue weighted by Gasteiger charge is -2.19. The van der Waals surface area contributed by atoms with Crippen LogP contribution in [0, 0.1) is 15.5 Å². The first-order chi connectivity index (χ1) is 9.28. The molecule has 0 saturated carbocycles. The van der Waals surface area contributed by atoms with Crippen LogP contribution >= 0.6 is 0 Å². The molecule has 0 bridgehead atoms. The van der Waals surface area contributed by atoms with Crippen molar-refractivity contribution >= 4 is 22.3 Å². The minimum absolute atomic E-state index is 0.0234. The van der Waals surface area contributed by atoms with E-state index in [-0.39, 0.29) is 22.0 Å². The molecule has 0 aliphatic heterocycles. The van der Waals surface area contributed by atoms with E-state index < -0.39 is 4.92 Å². The molecule has 7 heteroatoms. The zero-order valence-electron chi connectivity index (χ0n) is 11.6. The highest BCUT2D eigenvalue weighted by atomic mass is 16.6. The fraction of sp³-hybridized carbons (Fsp3) is 0.385. The van der Waals surface area contributed by atoms with E-state index in [2.05, 4.69) is 15.3 Å². The summed E-state index contributed by atoms with van der Waals surface area (Å²) in [6, 6.07) is 2.79. The van der Waals surface area contributed by atoms with Gasteiger partial charge in [-0.1, -0.05) is 20.8 Å². The highest BCUT2D eigenvalue weighted by Gasteiger charge is 2.19. The number of nitro benzene ring substituents is 1. The number of nitro groups is 1. The number of aromatic amines is 1. The molecule has 7 nitrogen and oxygen atoms in total. The Hall–Kier alpha value is -2.44. The van der Waals surface area contributed by atoms with Crippen LogP contribution in [0.25, 0.3) is 10.9 Å². The molecule has 0 unspecified atom stereocenters. The van der Waals surface area contributed by atoms with Gasteiger partial charge in [0.2, 0.25) is 0 Å². The number of H-pyrrole nitrogens is 1. The summed E-state index contributed by atoms with van der Waals surface area (Å²) in [5, 5.41) is 14.4. The van der Waals surface area contributed by atoms with Gasteiger partial charge in [-0.3, -0.25) is 14.9 Å². The lowest BCUT2D eigenvalue weighted by atomic mass is 9.97. The Bertz CT molecular complexity index is 716. The van der Waals surface area contributed by atoms with Crippen LogP contribution in [0.4, 0.5) is 11.4 Å². The van der Waals surface area contributed by atoms with Gasteiger partial charge in [-0.15, -0.1) is 0 Å². The third-order valence-electron chi connectivity index (χ3n) is 2.76. The van der Waals surface area contributed by atoms with Crippen LogP contribution in [0.5, 0.6) is 0 Å². The summed E-state index contributed by atoms with van der Waals surface area (Å²) in [7, 11) is 0. The molecule has 106 valence electrons. The van der Waals surface area contributed by atoms with Gasteiger partial charge in [0.05, 0.1) is 22.2 Å². The number of nitrogens with zero attached hydrogens (tertiary/aromatic N) is 2. The number of fused-ring (bicyclic) bond motifs is 1. The largest absolute Gasteiger partial charge is 0.379 e. The molecule has 0 fully saturated rings. The Balaban J connectivity index is 2.55. The van der Waals surface area contributed by atoms with Crippen LogP contribution in [-0.2, 0) is 0 Å². The third kappa shape index (κ3) is 2.93. The van der Waals surface area contributed by atoms with Gasteiger partial charge in [-0.25, -0.2) is 4.98 Å². The topological polar surface area (TPSA) is 101 Å². The second-order valence-electron chi connectivity index (χ2n) is 5.79. The molecule has 2 rings (SSSR count). The van der Waals surface area contributed by atoms with Gasteiger partial charge in [-0.05, 0) is 11.5 Å². The normalized spacial score (nSPS) is 11.6. The molecular weight excluding hydrogens is 260 g/mol. The van der Waals surface area contributed by atoms with Gasteiger partial charge >= 0.3 is 0 Å². The smallest absolute Gasteiger partial charge is 0.293 e. The van der Waals surface area contributed by atoms with E-state index in [1.807, 2.05) is 20.8 Å². The van der Waals surface area contributed by atoms with Crippen LogP contribution < -0.4 is 10.9 Å². The highest BCUT2D eigenvalue weighted by molar-refractivity contribution is 5.86. The van der Waals surface area contributed by atoms with E-state index in [0.29, 0.717) is 17.7 Å². The quantitative estimate of drug-likeness (QED) is 0.661. The van der Waals surface area contributed by atoms with Crippen molar-refractivity contribution in [2.45, 2.75) is 20.8 Å². The number of anilines is 1. The van der Waals surface area contributed by atoms with Crippen molar-refractivity contribution in [3.05, 3.63) is 38.9 Å². The third-order valence-corrected chi connectivity index (χ3v) is 2.76. The maximum atomic E-state index is 11.6. The van der Waals surface area contributed by atoms with Crippen molar-refractivity contribution in [2.24, 2.45) is 5.41 Å². The van der Waals surface area contributed by atoms with Gasteiger partial charge in [0.15, 0.2) is 0 Å². The molecule has 0 amide bonds. The Kier molecular flexibility index (Phi) is 3.44. The predicted octanol–water partition coefficient (Wildman–Crippen LogP) is 2.29. The average Bonchev–Trinajstić information content (AvgIpc) is 2.34. The number of hydrogen-bond donors (Lipinski definition) is 2. The molecule has 20 heavy (non-hydrogen) atoms. The summed E-state index contributed by atoms with van der Waals surface area (Å²) in [4.78, 5) is 28.7. The molecule has 0 saturated heterocycles. The fourth-order valence-electron chi connectivity index (χ4n) is 1.76. The van der Waals surface area contributed by atoms with Crippen LogP contribution in [0.3, 0.4) is 0 Å². The van der Waals surface area contributed by atoms with E-state index in [1.165, 1.54) is 18.5 Å². The zero-order valence-corrected chi connectivity index (χ0v) is 11.6. The van der Waals surface area contributed by atoms with E-state index in [4.69, 9.17) is 0 Å². The number of hydrogen-bond acceptors (Lipinski definition) is 5. The van der Waals surface area contributed by atoms with E-state index in [9.17, 15) is 14.9 Å². The summed E-state index contributed by atoms with van der Waals surface area (Å²) in [5.41, 5.74) is 0.261. The summed E-state index contributed by atoms with van der Waals surface area (Å²) < 4.78 is 0. The van der Waals surface area contributed by atoms with Crippen molar-refractivity contribution in [3.8, 4) is 0 Å². The van der Waals surface area contributed by atoms with Crippen molar-refractivity contribution in [1.82, 2.24) is 9.97 Å². The lowest BCUT2D eigenvalue weighted by molar-refractivity contribution is -0.383. The molecule has 1 aromatic heterocycles. The molecule has 2 aromatic rings. The molecule has 0 aliphatic rings. The SMILES string of the molecule is CC(C)(C)CNc1cc2nc[nH]c(=O)c2cc1[N+](=O)[O-]. The molecule has 0 radical (unpaired) electrons. The van der Waals surface area contributed by atoms with Crippen molar-refractivity contribution < 1.29 is 4.92 Å². The molecule has 0 spiro atoms. The molecule has 2 N–H and O–H groups in total. The van der Waals surface area contributed by atoms with Crippen LogP contribution in [0.2, 0.25) is 0 Å². The van der Waals surface area contributed by atoms with Crippen LogP contribution in [-0.4, -0.2) is 21.4 Å². The monoisotopic (exact) mass is 276 g/mol. The summed E-state index contributed by atoms with van der Waals surface area (Å²) in [6.07, 6.45) is 1.28. The summed E-state index contributed by atoms with van der Waals surface area (Å²) >= 11 is 0. The first kappa shape index (κ1) is 14.0. The van der Waals surface area contributed by atoms with Crippen LogP contribution in [0.15, 0.2) is 23.3 Å². The summed E-state index contributed by atoms with van der Waals surface area (Å²) in [6.45, 7) is 6.64. The van der Waals surface area contributed by atoms with Crippen molar-refractivity contribution in [2.75, 3.05) is 11.9 Å². The standard InChI is InChI=1S/C13H16N4O3/c1-13(2,3)6-14-10-5-9-8(4-11(10)17(19)20)12(18)16-7-15-9/h4-5,7,14H,6H2,1-3H3,(H,15,16,18). The van der Waals surface area contributed by atoms with Gasteiger partial charge in [0.1, 0.15) is 5.69 Å². The molecule has 0 aliphatic carbocycles. The maximum absolute atomic E-state index is 11.6. The second-order valence-corrected chi connectivity index (χ2v) is 5.79. The predicted molar refractivity (Wildman–Crippen MR) is 77.0 cm³/mol. The number of rotatable bonds is 3. The molecule has 1 heterocycles. The fourth-order valence-corrected chi connectivity index (χ4v) is 1.76. The first-order valence-corrected chi connectivity index (χ1v) is 6.18. The number of nitrogens with one attached hydrogen (secondary N) is 2. The zero-order chi connectivity index (χ0) is 14.9. The van der Waals surface area contributed by atoms with Gasteiger partial charge < -0.3 is 10.3 Å². The molecule has 0 atom stereocenters. The van der Waals surface area contributed by atoms with Gasteiger partial charge in [0.25, 0.3) is 11.2 Å². The van der Waals surface area contributed by atoms with Gasteiger partial charge in [-0.2, -0.15) is 0 Å². The van der Waals surface area contributed by atoms with Gasteiger partial charge in [0, 0.05) is 12.6 Å². The number of benzene rings is 1. The minimum atomic E-state index is -0.503. The number of aromatic nitrogens is 2. The van der Waals surface area contributed by atoms with E-state index in [0.717, 1.165) is 0 Å². The average molecular weight is 276 g/mol.